The standard InChI is InChI=1S/C36H34/c1-35(2,3)28-17-12-23(13-18-28)31-22-27-11-10-24-8-7-9-25-16-21-30(34(27)32(24)25)33(31)26-14-19-29(20-15-26)36(4,5)6/h7-22H,1-6H3. The minimum absolute atomic E-state index is 0.132. The summed E-state index contributed by atoms with van der Waals surface area (Å²) in [7, 11) is 0. The average molecular weight is 467 g/mol. The maximum Gasteiger partial charge on any atom is -0.00201 e. The fourth-order valence-corrected chi connectivity index (χ4v) is 5.64. The van der Waals surface area contributed by atoms with E-state index in [1.807, 2.05) is 0 Å². The Balaban J connectivity index is 1.68. The fourth-order valence-electron chi connectivity index (χ4n) is 5.64. The normalized spacial score (nSPS) is 12.7. The zero-order chi connectivity index (χ0) is 25.2. The molecule has 6 rings (SSSR count). The van der Waals surface area contributed by atoms with Gasteiger partial charge in [-0.15, -0.1) is 0 Å². The Bertz CT molecular complexity index is 1680. The van der Waals surface area contributed by atoms with E-state index in [0.29, 0.717) is 0 Å². The van der Waals surface area contributed by atoms with Gasteiger partial charge in [-0.05, 0) is 82.6 Å². The summed E-state index contributed by atoms with van der Waals surface area (Å²) in [5, 5.41) is 7.99. The van der Waals surface area contributed by atoms with Gasteiger partial charge in [-0.3, -0.25) is 0 Å². The van der Waals surface area contributed by atoms with Gasteiger partial charge in [-0.25, -0.2) is 0 Å². The molecule has 0 spiro atoms. The van der Waals surface area contributed by atoms with Crippen LogP contribution >= 0.6 is 0 Å². The summed E-state index contributed by atoms with van der Waals surface area (Å²) in [4.78, 5) is 0. The molecule has 0 aromatic heterocycles. The van der Waals surface area contributed by atoms with Gasteiger partial charge in [-0.1, -0.05) is 133 Å². The summed E-state index contributed by atoms with van der Waals surface area (Å²) in [6.07, 6.45) is 0. The molecule has 0 aliphatic rings. The van der Waals surface area contributed by atoms with Gasteiger partial charge in [0.15, 0.2) is 0 Å². The van der Waals surface area contributed by atoms with Crippen LogP contribution in [0, 0.1) is 0 Å². The maximum absolute atomic E-state index is 2.41. The van der Waals surface area contributed by atoms with E-state index in [-0.39, 0.29) is 10.8 Å². The van der Waals surface area contributed by atoms with Crippen LogP contribution < -0.4 is 0 Å². The van der Waals surface area contributed by atoms with Crippen molar-refractivity contribution in [1.82, 2.24) is 0 Å². The van der Waals surface area contributed by atoms with E-state index in [2.05, 4.69) is 139 Å². The first-order valence-electron chi connectivity index (χ1n) is 13.0. The summed E-state index contributed by atoms with van der Waals surface area (Å²) in [5.74, 6) is 0. The highest BCUT2D eigenvalue weighted by Crippen LogP contribution is 2.45. The number of hydrogen-bond acceptors (Lipinski definition) is 0. The first kappa shape index (κ1) is 22.8. The Morgan fingerprint density at radius 2 is 0.944 bits per heavy atom. The molecule has 0 N–H and O–H groups in total. The second-order valence-electron chi connectivity index (χ2n) is 12.3. The Morgan fingerprint density at radius 3 is 1.50 bits per heavy atom. The van der Waals surface area contributed by atoms with Gasteiger partial charge in [0.05, 0.1) is 0 Å². The van der Waals surface area contributed by atoms with Gasteiger partial charge in [0.1, 0.15) is 0 Å². The summed E-state index contributed by atoms with van der Waals surface area (Å²) >= 11 is 0. The lowest BCUT2D eigenvalue weighted by Gasteiger charge is -2.22. The van der Waals surface area contributed by atoms with E-state index in [4.69, 9.17) is 0 Å². The average Bonchev–Trinajstić information content (AvgIpc) is 2.86. The second kappa shape index (κ2) is 7.93. The minimum atomic E-state index is 0.132. The fraction of sp³-hybridized carbons (Fsp3) is 0.222. The Labute approximate surface area is 214 Å². The molecule has 0 heteroatoms. The van der Waals surface area contributed by atoms with Crippen molar-refractivity contribution < 1.29 is 0 Å². The van der Waals surface area contributed by atoms with Crippen molar-refractivity contribution >= 4 is 32.3 Å². The van der Waals surface area contributed by atoms with Crippen LogP contribution in [0.1, 0.15) is 52.7 Å². The van der Waals surface area contributed by atoms with E-state index >= 15 is 0 Å². The van der Waals surface area contributed by atoms with Gasteiger partial charge in [-0.2, -0.15) is 0 Å². The van der Waals surface area contributed by atoms with E-state index in [0.717, 1.165) is 0 Å². The minimum Gasteiger partial charge on any atom is -0.0610 e. The Kier molecular flexibility index (Phi) is 5.02. The molecule has 0 nitrogen and oxygen atoms in total. The topological polar surface area (TPSA) is 0 Å². The molecule has 0 aliphatic heterocycles. The van der Waals surface area contributed by atoms with Gasteiger partial charge < -0.3 is 0 Å². The van der Waals surface area contributed by atoms with E-state index in [1.165, 1.54) is 65.7 Å². The van der Waals surface area contributed by atoms with Crippen LogP contribution in [0.15, 0.2) is 97.1 Å². The highest BCUT2D eigenvalue weighted by Gasteiger charge is 2.20. The molecule has 6 aromatic carbocycles. The summed E-state index contributed by atoms with van der Waals surface area (Å²) < 4.78 is 0. The van der Waals surface area contributed by atoms with E-state index in [1.54, 1.807) is 0 Å². The van der Waals surface area contributed by atoms with Crippen molar-refractivity contribution in [2.24, 2.45) is 0 Å². The predicted octanol–water partition coefficient (Wildman–Crippen LogP) is 10.5. The number of benzene rings is 6. The molecule has 178 valence electrons. The molecule has 0 radical (unpaired) electrons. The monoisotopic (exact) mass is 466 g/mol. The van der Waals surface area contributed by atoms with Gasteiger partial charge >= 0.3 is 0 Å². The lowest BCUT2D eigenvalue weighted by atomic mass is 9.82. The highest BCUT2D eigenvalue weighted by molar-refractivity contribution is 6.27. The second-order valence-corrected chi connectivity index (χ2v) is 12.3. The highest BCUT2D eigenvalue weighted by atomic mass is 14.2. The molecule has 0 saturated carbocycles. The zero-order valence-electron chi connectivity index (χ0n) is 22.2. The van der Waals surface area contributed by atoms with Gasteiger partial charge in [0, 0.05) is 0 Å². The predicted molar refractivity (Wildman–Crippen MR) is 158 cm³/mol. The van der Waals surface area contributed by atoms with Crippen LogP contribution in [0.3, 0.4) is 0 Å². The molecular formula is C36H34. The first-order chi connectivity index (χ1) is 17.1. The first-order valence-corrected chi connectivity index (χ1v) is 13.0. The van der Waals surface area contributed by atoms with E-state index < -0.39 is 0 Å². The number of rotatable bonds is 2. The zero-order valence-corrected chi connectivity index (χ0v) is 22.2. The third-order valence-corrected chi connectivity index (χ3v) is 7.75. The van der Waals surface area contributed by atoms with Crippen molar-refractivity contribution in [2.75, 3.05) is 0 Å². The SMILES string of the molecule is CC(C)(C)c1ccc(-c2cc3ccc4cccc5ccc(c2-c2ccc(C(C)(C)C)cc2)c3c45)cc1. The van der Waals surface area contributed by atoms with Crippen molar-refractivity contribution in [3.63, 3.8) is 0 Å². The third-order valence-electron chi connectivity index (χ3n) is 7.75. The van der Waals surface area contributed by atoms with Crippen LogP contribution in [0.4, 0.5) is 0 Å². The van der Waals surface area contributed by atoms with E-state index in [9.17, 15) is 0 Å². The van der Waals surface area contributed by atoms with Crippen molar-refractivity contribution in [3.05, 3.63) is 108 Å². The molecular weight excluding hydrogens is 432 g/mol. The van der Waals surface area contributed by atoms with Gasteiger partial charge in [0.2, 0.25) is 0 Å². The molecule has 0 heterocycles. The smallest absolute Gasteiger partial charge is 0.00201 e. The Hall–Kier alpha value is -3.64. The van der Waals surface area contributed by atoms with Crippen LogP contribution in [0.25, 0.3) is 54.6 Å². The molecule has 36 heavy (non-hydrogen) atoms. The Morgan fingerprint density at radius 1 is 0.444 bits per heavy atom. The van der Waals surface area contributed by atoms with Crippen LogP contribution in [-0.2, 0) is 10.8 Å². The van der Waals surface area contributed by atoms with Crippen LogP contribution in [0.5, 0.6) is 0 Å². The summed E-state index contributed by atoms with van der Waals surface area (Å²) in [5.41, 5.74) is 8.15. The van der Waals surface area contributed by atoms with Crippen LogP contribution in [0.2, 0.25) is 0 Å². The molecule has 0 unspecified atom stereocenters. The molecule has 0 aliphatic carbocycles. The third kappa shape index (κ3) is 3.68. The molecule has 0 bridgehead atoms. The molecule has 6 aromatic rings. The molecule has 0 atom stereocenters. The van der Waals surface area contributed by atoms with Crippen molar-refractivity contribution in [2.45, 2.75) is 52.4 Å². The largest absolute Gasteiger partial charge is 0.0610 e. The van der Waals surface area contributed by atoms with Crippen LogP contribution in [-0.4, -0.2) is 0 Å². The molecule has 0 fully saturated rings. The number of hydrogen-bond donors (Lipinski definition) is 0. The van der Waals surface area contributed by atoms with Crippen molar-refractivity contribution in [3.8, 4) is 22.3 Å². The lowest BCUT2D eigenvalue weighted by molar-refractivity contribution is 0.590. The molecule has 0 saturated heterocycles. The van der Waals surface area contributed by atoms with Gasteiger partial charge in [0.25, 0.3) is 0 Å². The quantitative estimate of drug-likeness (QED) is 0.223. The van der Waals surface area contributed by atoms with Crippen molar-refractivity contribution in [1.29, 1.82) is 0 Å². The lowest BCUT2D eigenvalue weighted by Crippen LogP contribution is -2.10. The summed E-state index contributed by atoms with van der Waals surface area (Å²) in [6, 6.07) is 36.7. The summed E-state index contributed by atoms with van der Waals surface area (Å²) in [6.45, 7) is 13.7. The maximum atomic E-state index is 2.41. The molecule has 0 amide bonds.